The van der Waals surface area contributed by atoms with Crippen molar-refractivity contribution in [3.63, 3.8) is 0 Å². The molecule has 0 N–H and O–H groups in total. The van der Waals surface area contributed by atoms with Crippen molar-refractivity contribution >= 4 is 61.5 Å². The summed E-state index contributed by atoms with van der Waals surface area (Å²) in [5, 5.41) is 0. The Bertz CT molecular complexity index is 1110. The Morgan fingerprint density at radius 3 is 1.15 bits per heavy atom. The van der Waals surface area contributed by atoms with E-state index in [9.17, 15) is 8.42 Å². The SMILES string of the molecule is O=S(=O)(OC(Cc1ccccc1)(Cc1ccccc1)Cc1ccccc1)c1ccccc1.[K]. The van der Waals surface area contributed by atoms with Crippen LogP contribution < -0.4 is 0 Å². The van der Waals surface area contributed by atoms with Crippen molar-refractivity contribution in [1.82, 2.24) is 0 Å². The average molecular weight is 482 g/mol. The molecule has 3 nitrogen and oxygen atoms in total. The normalized spacial score (nSPS) is 11.5. The maximum absolute atomic E-state index is 13.4. The van der Waals surface area contributed by atoms with Crippen LogP contribution in [0.5, 0.6) is 0 Å². The van der Waals surface area contributed by atoms with E-state index in [1.165, 1.54) is 0 Å². The summed E-state index contributed by atoms with van der Waals surface area (Å²) in [5.41, 5.74) is 2.10. The Labute approximate surface area is 239 Å². The molecule has 0 atom stereocenters. The third kappa shape index (κ3) is 7.46. The van der Waals surface area contributed by atoms with E-state index in [4.69, 9.17) is 4.18 Å². The van der Waals surface area contributed by atoms with Crippen LogP contribution in [-0.2, 0) is 33.6 Å². The van der Waals surface area contributed by atoms with Crippen molar-refractivity contribution < 1.29 is 12.6 Å². The molecule has 0 amide bonds. The van der Waals surface area contributed by atoms with Crippen molar-refractivity contribution in [2.45, 2.75) is 29.8 Å². The Morgan fingerprint density at radius 2 is 0.818 bits per heavy atom. The molecule has 4 rings (SSSR count). The summed E-state index contributed by atoms with van der Waals surface area (Å²) in [6, 6.07) is 38.2. The van der Waals surface area contributed by atoms with Crippen LogP contribution in [0, 0.1) is 0 Å². The monoisotopic (exact) mass is 481 g/mol. The van der Waals surface area contributed by atoms with Gasteiger partial charge in [-0.2, -0.15) is 8.42 Å². The summed E-state index contributed by atoms with van der Waals surface area (Å²) in [5.74, 6) is 0. The molecule has 0 spiro atoms. The van der Waals surface area contributed by atoms with Gasteiger partial charge in [-0.1, -0.05) is 109 Å². The van der Waals surface area contributed by atoms with Gasteiger partial charge in [-0.05, 0) is 28.8 Å². The summed E-state index contributed by atoms with van der Waals surface area (Å²) >= 11 is 0. The van der Waals surface area contributed by atoms with Gasteiger partial charge in [-0.25, -0.2) is 0 Å². The van der Waals surface area contributed by atoms with Gasteiger partial charge in [-0.3, -0.25) is 4.18 Å². The zero-order valence-corrected chi connectivity index (χ0v) is 22.7. The summed E-state index contributed by atoms with van der Waals surface area (Å²) in [4.78, 5) is 0.165. The zero-order chi connectivity index (χ0) is 22.3. The van der Waals surface area contributed by atoms with Gasteiger partial charge in [0.05, 0.1) is 4.90 Å². The predicted molar refractivity (Wildman–Crippen MR) is 134 cm³/mol. The molecular weight excluding hydrogens is 455 g/mol. The third-order valence-electron chi connectivity index (χ3n) is 5.43. The molecule has 0 bridgehead atoms. The van der Waals surface area contributed by atoms with Crippen LogP contribution in [0.4, 0.5) is 0 Å². The first-order valence-electron chi connectivity index (χ1n) is 10.7. The average Bonchev–Trinajstić information content (AvgIpc) is 2.81. The topological polar surface area (TPSA) is 43.4 Å². The Morgan fingerprint density at radius 1 is 0.515 bits per heavy atom. The van der Waals surface area contributed by atoms with Crippen LogP contribution >= 0.6 is 0 Å². The van der Waals surface area contributed by atoms with Gasteiger partial charge in [0.2, 0.25) is 0 Å². The molecule has 4 aromatic rings. The standard InChI is InChI=1S/C28H26O3S.K/c29-32(30,27-19-11-4-12-20-27)31-28(21-24-13-5-1-6-14-24,22-25-15-7-2-8-16-25)23-26-17-9-3-10-18-26;/h1-20H,21-23H2;. The van der Waals surface area contributed by atoms with Gasteiger partial charge in [0.1, 0.15) is 5.60 Å². The second-order valence-corrected chi connectivity index (χ2v) is 9.57. The largest absolute Gasteiger partial charge is 0.297 e. The molecule has 163 valence electrons. The van der Waals surface area contributed by atoms with E-state index in [1.807, 2.05) is 91.0 Å². The smallest absolute Gasteiger partial charge is 0.259 e. The van der Waals surface area contributed by atoms with Crippen LogP contribution in [0.3, 0.4) is 0 Å². The minimum Gasteiger partial charge on any atom is -0.259 e. The fraction of sp³-hybridized carbons (Fsp3) is 0.143. The van der Waals surface area contributed by atoms with Crippen LogP contribution in [0.1, 0.15) is 16.7 Å². The van der Waals surface area contributed by atoms with Crippen molar-refractivity contribution in [3.8, 4) is 0 Å². The van der Waals surface area contributed by atoms with Crippen LogP contribution in [0.2, 0.25) is 0 Å². The molecule has 4 aromatic carbocycles. The Hall–Kier alpha value is -1.57. The molecule has 0 saturated heterocycles. The summed E-state index contributed by atoms with van der Waals surface area (Å²) in [7, 11) is -3.98. The van der Waals surface area contributed by atoms with E-state index >= 15 is 0 Å². The minimum atomic E-state index is -3.98. The van der Waals surface area contributed by atoms with E-state index in [0.29, 0.717) is 19.3 Å². The van der Waals surface area contributed by atoms with Gasteiger partial charge in [0, 0.05) is 70.6 Å². The second kappa shape index (κ2) is 12.2. The molecule has 1 radical (unpaired) electrons. The summed E-state index contributed by atoms with van der Waals surface area (Å²) < 4.78 is 33.0. The van der Waals surface area contributed by atoms with E-state index in [1.54, 1.807) is 30.3 Å². The van der Waals surface area contributed by atoms with Crippen LogP contribution in [0.15, 0.2) is 126 Å². The fourth-order valence-corrected chi connectivity index (χ4v) is 5.28. The minimum absolute atomic E-state index is 0. The molecule has 0 aliphatic rings. The maximum Gasteiger partial charge on any atom is 0.297 e. The van der Waals surface area contributed by atoms with Crippen molar-refractivity contribution in [2.24, 2.45) is 0 Å². The third-order valence-corrected chi connectivity index (χ3v) is 6.85. The van der Waals surface area contributed by atoms with Gasteiger partial charge < -0.3 is 0 Å². The van der Waals surface area contributed by atoms with Crippen LogP contribution in [-0.4, -0.2) is 65.4 Å². The number of hydrogen-bond acceptors (Lipinski definition) is 3. The van der Waals surface area contributed by atoms with Gasteiger partial charge >= 0.3 is 0 Å². The molecule has 0 heterocycles. The van der Waals surface area contributed by atoms with Crippen molar-refractivity contribution in [3.05, 3.63) is 138 Å². The summed E-state index contributed by atoms with van der Waals surface area (Å²) in [6.45, 7) is 0. The fourth-order valence-electron chi connectivity index (χ4n) is 4.05. The summed E-state index contributed by atoms with van der Waals surface area (Å²) in [6.07, 6.45) is 1.39. The first-order valence-corrected chi connectivity index (χ1v) is 12.1. The molecule has 33 heavy (non-hydrogen) atoms. The number of hydrogen-bond donors (Lipinski definition) is 0. The maximum atomic E-state index is 13.4. The quantitative estimate of drug-likeness (QED) is 0.235. The predicted octanol–water partition coefficient (Wildman–Crippen LogP) is 5.48. The Balaban J connectivity index is 0.00000306. The van der Waals surface area contributed by atoms with E-state index in [0.717, 1.165) is 16.7 Å². The van der Waals surface area contributed by atoms with E-state index < -0.39 is 15.7 Å². The molecule has 0 saturated carbocycles. The van der Waals surface area contributed by atoms with Gasteiger partial charge in [0.25, 0.3) is 10.1 Å². The van der Waals surface area contributed by atoms with Crippen LogP contribution in [0.25, 0.3) is 0 Å². The van der Waals surface area contributed by atoms with Crippen molar-refractivity contribution in [2.75, 3.05) is 0 Å². The molecule has 0 aliphatic heterocycles. The number of benzene rings is 4. The molecule has 0 fully saturated rings. The first-order chi connectivity index (χ1) is 15.5. The Kier molecular flexibility index (Phi) is 9.64. The zero-order valence-electron chi connectivity index (χ0n) is 18.8. The van der Waals surface area contributed by atoms with Gasteiger partial charge in [-0.15, -0.1) is 0 Å². The molecule has 0 aromatic heterocycles. The molecule has 0 aliphatic carbocycles. The van der Waals surface area contributed by atoms with Crippen molar-refractivity contribution in [1.29, 1.82) is 0 Å². The van der Waals surface area contributed by atoms with Gasteiger partial charge in [0.15, 0.2) is 0 Å². The van der Waals surface area contributed by atoms with E-state index in [2.05, 4.69) is 0 Å². The second-order valence-electron chi connectivity index (χ2n) is 8.02. The first kappa shape index (κ1) is 26.0. The molecule has 0 unspecified atom stereocenters. The van der Waals surface area contributed by atoms with E-state index in [-0.39, 0.29) is 56.3 Å². The number of rotatable bonds is 9. The molecule has 5 heteroatoms. The molecular formula is C28H26KO3S.